The number of fused-ring (bicyclic) bond motifs is 1. The molecule has 2 aliphatic heterocycles. The Morgan fingerprint density at radius 2 is 2.07 bits per heavy atom. The van der Waals surface area contributed by atoms with Crippen molar-refractivity contribution in [1.29, 1.82) is 0 Å². The second-order valence-electron chi connectivity index (χ2n) is 7.22. The highest BCUT2D eigenvalue weighted by molar-refractivity contribution is 7.55. The van der Waals surface area contributed by atoms with Gasteiger partial charge in [-0.1, -0.05) is 19.3 Å². The topological polar surface area (TPSA) is 112 Å². The minimum Gasteiger partial charge on any atom is -0.349 e. The molecule has 1 aromatic rings. The first-order valence-corrected chi connectivity index (χ1v) is 10.7. The Morgan fingerprint density at radius 1 is 1.30 bits per heavy atom. The van der Waals surface area contributed by atoms with E-state index in [1.807, 2.05) is 4.98 Å². The second kappa shape index (κ2) is 7.69. The van der Waals surface area contributed by atoms with Crippen LogP contribution in [-0.2, 0) is 18.3 Å². The maximum absolute atomic E-state index is 13.5. The lowest BCUT2D eigenvalue weighted by atomic mass is 9.90. The van der Waals surface area contributed by atoms with Crippen LogP contribution in [0, 0.1) is 11.7 Å². The molecule has 2 saturated heterocycles. The summed E-state index contributed by atoms with van der Waals surface area (Å²) in [5.41, 5.74) is -1.85. The van der Waals surface area contributed by atoms with E-state index in [4.69, 9.17) is 18.3 Å². The fraction of sp³-hybridized carbons (Fsp3) is 0.750. The number of H-pyrrole nitrogens is 1. The van der Waals surface area contributed by atoms with Gasteiger partial charge < -0.3 is 4.74 Å². The Labute approximate surface area is 155 Å². The molecule has 3 aliphatic rings. The van der Waals surface area contributed by atoms with Gasteiger partial charge in [0.25, 0.3) is 5.56 Å². The number of nitrogens with one attached hydrogen (secondary N) is 1. The van der Waals surface area contributed by atoms with E-state index in [-0.39, 0.29) is 13.0 Å². The normalized spacial score (nSPS) is 34.5. The van der Waals surface area contributed by atoms with Crippen molar-refractivity contribution >= 4 is 8.17 Å². The first kappa shape index (κ1) is 19.2. The average molecular weight is 405 g/mol. The fourth-order valence-electron chi connectivity index (χ4n) is 3.80. The predicted octanol–water partition coefficient (Wildman–Crippen LogP) is 1.65. The lowest BCUT2D eigenvalue weighted by Crippen LogP contribution is -2.35. The maximum atomic E-state index is 13.5. The van der Waals surface area contributed by atoms with Gasteiger partial charge in [0.2, 0.25) is 5.82 Å². The molecule has 0 radical (unpaired) electrons. The van der Waals surface area contributed by atoms with E-state index < -0.39 is 43.7 Å². The van der Waals surface area contributed by atoms with E-state index in [0.717, 1.165) is 36.4 Å². The number of hydrogen-bond acceptors (Lipinski definition) is 7. The van der Waals surface area contributed by atoms with Gasteiger partial charge in [-0.05, 0) is 18.8 Å². The largest absolute Gasteiger partial charge is 0.573 e. The van der Waals surface area contributed by atoms with Gasteiger partial charge in [-0.15, -0.1) is 4.52 Å². The molecule has 2 N–H and O–H groups in total. The lowest BCUT2D eigenvalue weighted by molar-refractivity contribution is -0.0835. The minimum atomic E-state index is -3.45. The van der Waals surface area contributed by atoms with E-state index in [0.29, 0.717) is 12.5 Å². The van der Waals surface area contributed by atoms with Crippen molar-refractivity contribution in [3.05, 3.63) is 32.9 Å². The third kappa shape index (κ3) is 4.16. The zero-order chi connectivity index (χ0) is 19.0. The van der Waals surface area contributed by atoms with Crippen LogP contribution in [0.15, 0.2) is 15.8 Å². The molecule has 1 aliphatic carbocycles. The monoisotopic (exact) mass is 405 g/mol. The lowest BCUT2D eigenvalue weighted by Gasteiger charge is -2.28. The van der Waals surface area contributed by atoms with E-state index in [1.165, 1.54) is 6.42 Å². The zero-order valence-corrected chi connectivity index (χ0v) is 15.6. The average Bonchev–Trinajstić information content (AvgIpc) is 3.06. The molecular formula is C16H23FN2O7P+. The quantitative estimate of drug-likeness (QED) is 0.733. The molecule has 0 bridgehead atoms. The summed E-state index contributed by atoms with van der Waals surface area (Å²) >= 11 is 0. The fourth-order valence-corrected chi connectivity index (χ4v) is 5.29. The maximum Gasteiger partial charge on any atom is 0.573 e. The van der Waals surface area contributed by atoms with Crippen LogP contribution in [0.4, 0.5) is 4.39 Å². The number of halogens is 1. The van der Waals surface area contributed by atoms with Crippen molar-refractivity contribution in [3.8, 4) is 0 Å². The minimum absolute atomic E-state index is 0.0523. The van der Waals surface area contributed by atoms with Crippen LogP contribution in [0.25, 0.3) is 0 Å². The number of hydrogen-bond donors (Lipinski definition) is 2. The van der Waals surface area contributed by atoms with Crippen LogP contribution in [0.5, 0.6) is 0 Å². The zero-order valence-electron chi connectivity index (χ0n) is 14.7. The summed E-state index contributed by atoms with van der Waals surface area (Å²) in [7, 11) is -3.45. The highest BCUT2D eigenvalue weighted by Crippen LogP contribution is 2.63. The Hall–Kier alpha value is -1.16. The van der Waals surface area contributed by atoms with Crippen LogP contribution in [0.1, 0.15) is 44.8 Å². The van der Waals surface area contributed by atoms with Crippen LogP contribution >= 0.6 is 8.17 Å². The summed E-state index contributed by atoms with van der Waals surface area (Å²) in [6, 6.07) is 0. The number of rotatable bonds is 4. The SMILES string of the molecule is O=c1[nH]c(=O)n([C@H]2C[C@@H]3O[P+](O)(OCC4CCCCC4)OC[C@H]3O2)cc1F. The molecule has 0 spiro atoms. The summed E-state index contributed by atoms with van der Waals surface area (Å²) in [4.78, 5) is 35.5. The molecule has 1 aromatic heterocycles. The van der Waals surface area contributed by atoms with Gasteiger partial charge in [0, 0.05) is 6.42 Å². The predicted molar refractivity (Wildman–Crippen MR) is 92.3 cm³/mol. The van der Waals surface area contributed by atoms with Gasteiger partial charge in [0.1, 0.15) is 31.6 Å². The molecule has 4 atom stereocenters. The summed E-state index contributed by atoms with van der Waals surface area (Å²) in [5.74, 6) is -0.687. The molecular weight excluding hydrogens is 382 g/mol. The van der Waals surface area contributed by atoms with Crippen molar-refractivity contribution in [1.82, 2.24) is 9.55 Å². The third-order valence-electron chi connectivity index (χ3n) is 5.28. The highest BCUT2D eigenvalue weighted by atomic mass is 31.2. The Bertz CT molecular complexity index is 796. The summed E-state index contributed by atoms with van der Waals surface area (Å²) in [6.45, 7) is 0.438. The molecule has 1 saturated carbocycles. The smallest absolute Gasteiger partial charge is 0.349 e. The molecule has 3 heterocycles. The third-order valence-corrected chi connectivity index (χ3v) is 6.77. The van der Waals surface area contributed by atoms with Gasteiger partial charge in [0.15, 0.2) is 0 Å². The van der Waals surface area contributed by atoms with E-state index in [2.05, 4.69) is 0 Å². The molecule has 1 unspecified atom stereocenters. The number of aromatic nitrogens is 2. The molecule has 3 fully saturated rings. The second-order valence-corrected chi connectivity index (χ2v) is 8.88. The van der Waals surface area contributed by atoms with Crippen molar-refractivity contribution in [2.24, 2.45) is 5.92 Å². The van der Waals surface area contributed by atoms with Crippen LogP contribution in [0.2, 0.25) is 0 Å². The van der Waals surface area contributed by atoms with Gasteiger partial charge in [-0.2, -0.15) is 18.3 Å². The summed E-state index contributed by atoms with van der Waals surface area (Å²) < 4.78 is 36.8. The number of nitrogens with zero attached hydrogens (tertiary/aromatic N) is 1. The molecule has 0 amide bonds. The number of ether oxygens (including phenoxy) is 1. The van der Waals surface area contributed by atoms with Crippen molar-refractivity contribution in [2.45, 2.75) is 57.0 Å². The van der Waals surface area contributed by atoms with Gasteiger partial charge >= 0.3 is 13.9 Å². The molecule has 11 heteroatoms. The van der Waals surface area contributed by atoms with E-state index in [1.54, 1.807) is 0 Å². The first-order chi connectivity index (χ1) is 12.9. The van der Waals surface area contributed by atoms with Crippen molar-refractivity contribution in [3.63, 3.8) is 0 Å². The molecule has 9 nitrogen and oxygen atoms in total. The van der Waals surface area contributed by atoms with E-state index in [9.17, 15) is 18.9 Å². The molecule has 150 valence electrons. The van der Waals surface area contributed by atoms with Crippen molar-refractivity contribution in [2.75, 3.05) is 13.2 Å². The van der Waals surface area contributed by atoms with Crippen LogP contribution in [-0.4, -0.2) is 39.9 Å². The van der Waals surface area contributed by atoms with Gasteiger partial charge in [-0.25, -0.2) is 4.79 Å². The Morgan fingerprint density at radius 3 is 2.85 bits per heavy atom. The van der Waals surface area contributed by atoms with Crippen molar-refractivity contribution < 1.29 is 27.6 Å². The summed E-state index contributed by atoms with van der Waals surface area (Å²) in [5, 5.41) is 0. The Balaban J connectivity index is 1.39. The van der Waals surface area contributed by atoms with Crippen LogP contribution < -0.4 is 11.2 Å². The molecule has 4 rings (SSSR count). The van der Waals surface area contributed by atoms with Gasteiger partial charge in [-0.3, -0.25) is 14.3 Å². The standard InChI is InChI=1S/C16H22FN2O7P/c17-11-7-19(16(21)18-15(11)20)14-6-12-13(25-14)9-24-27(22,26-12)23-8-10-4-2-1-3-5-10/h7,10,12-14,22H,1-6,8-9H2/p+1/t12-,13+,14+,27?/m0/s1. The Kier molecular flexibility index (Phi) is 5.46. The first-order valence-electron chi connectivity index (χ1n) is 9.19. The van der Waals surface area contributed by atoms with Gasteiger partial charge in [0.05, 0.1) is 6.20 Å². The molecule has 0 aromatic carbocycles. The number of aromatic amines is 1. The highest BCUT2D eigenvalue weighted by Gasteiger charge is 2.58. The van der Waals surface area contributed by atoms with E-state index >= 15 is 0 Å². The molecule has 27 heavy (non-hydrogen) atoms. The summed E-state index contributed by atoms with van der Waals surface area (Å²) in [6.07, 6.45) is 4.82. The van der Waals surface area contributed by atoms with Crippen LogP contribution in [0.3, 0.4) is 0 Å².